The molecule has 0 spiro atoms. The van der Waals surface area contributed by atoms with E-state index in [4.69, 9.17) is 18.9 Å². The number of amides is 1. The predicted octanol–water partition coefficient (Wildman–Crippen LogP) is 3.29. The van der Waals surface area contributed by atoms with Crippen molar-refractivity contribution < 1.29 is 32.2 Å². The quantitative estimate of drug-likeness (QED) is 0.324. The van der Waals surface area contributed by atoms with Crippen LogP contribution in [0.2, 0.25) is 0 Å². The Bertz CT molecular complexity index is 1320. The molecular formula is C24H25N3O7S. The molecule has 0 fully saturated rings. The Labute approximate surface area is 203 Å². The number of anilines is 1. The second kappa shape index (κ2) is 11.3. The van der Waals surface area contributed by atoms with E-state index in [1.54, 1.807) is 36.4 Å². The minimum absolute atomic E-state index is 0.0773. The van der Waals surface area contributed by atoms with Crippen molar-refractivity contribution in [2.75, 3.05) is 33.2 Å². The number of rotatable bonds is 10. The van der Waals surface area contributed by atoms with Gasteiger partial charge in [0.25, 0.3) is 15.9 Å². The number of nitrogens with one attached hydrogen (secondary N) is 2. The van der Waals surface area contributed by atoms with E-state index in [0.717, 1.165) is 0 Å². The first kappa shape index (κ1) is 25.4. The third-order valence-electron chi connectivity index (χ3n) is 4.85. The zero-order valence-corrected chi connectivity index (χ0v) is 20.4. The molecule has 184 valence electrons. The van der Waals surface area contributed by atoms with Crippen molar-refractivity contribution in [2.45, 2.75) is 4.90 Å². The van der Waals surface area contributed by atoms with Gasteiger partial charge in [-0.15, -0.1) is 0 Å². The Morgan fingerprint density at radius 1 is 0.829 bits per heavy atom. The molecular weight excluding hydrogens is 474 g/mol. The zero-order valence-electron chi connectivity index (χ0n) is 19.6. The van der Waals surface area contributed by atoms with Crippen LogP contribution in [0.15, 0.2) is 70.7 Å². The van der Waals surface area contributed by atoms with Crippen LogP contribution in [0.25, 0.3) is 0 Å². The molecule has 0 heterocycles. The van der Waals surface area contributed by atoms with E-state index in [9.17, 15) is 13.2 Å². The number of carbonyl (C=O) groups is 1. The minimum Gasteiger partial charge on any atom is -0.497 e. The summed E-state index contributed by atoms with van der Waals surface area (Å²) in [4.78, 5) is 12.5. The third-order valence-corrected chi connectivity index (χ3v) is 6.23. The second-order valence-corrected chi connectivity index (χ2v) is 8.69. The van der Waals surface area contributed by atoms with Gasteiger partial charge in [0.2, 0.25) is 0 Å². The summed E-state index contributed by atoms with van der Waals surface area (Å²) in [5.74, 6) is 1.40. The largest absolute Gasteiger partial charge is 0.497 e. The van der Waals surface area contributed by atoms with E-state index in [0.29, 0.717) is 34.2 Å². The fraction of sp³-hybridized carbons (Fsp3) is 0.167. The lowest BCUT2D eigenvalue weighted by molar-refractivity contribution is 0.0955. The minimum atomic E-state index is -3.93. The first-order valence-electron chi connectivity index (χ1n) is 10.2. The summed E-state index contributed by atoms with van der Waals surface area (Å²) in [6.07, 6.45) is 1.38. The number of hydrazone groups is 1. The highest BCUT2D eigenvalue weighted by molar-refractivity contribution is 7.92. The Kier molecular flexibility index (Phi) is 8.16. The van der Waals surface area contributed by atoms with Crippen molar-refractivity contribution in [3.63, 3.8) is 0 Å². The molecule has 2 N–H and O–H groups in total. The first-order valence-corrected chi connectivity index (χ1v) is 11.7. The Hall–Kier alpha value is -4.25. The molecule has 3 aromatic carbocycles. The molecule has 0 saturated carbocycles. The number of sulfonamides is 1. The van der Waals surface area contributed by atoms with E-state index >= 15 is 0 Å². The van der Waals surface area contributed by atoms with Crippen molar-refractivity contribution >= 4 is 27.8 Å². The van der Waals surface area contributed by atoms with Crippen LogP contribution in [-0.2, 0) is 10.0 Å². The van der Waals surface area contributed by atoms with Crippen LogP contribution in [0.5, 0.6) is 23.0 Å². The number of benzene rings is 3. The molecule has 0 aliphatic heterocycles. The summed E-state index contributed by atoms with van der Waals surface area (Å²) in [7, 11) is 2.08. The summed E-state index contributed by atoms with van der Waals surface area (Å²) in [6.45, 7) is 0. The summed E-state index contributed by atoms with van der Waals surface area (Å²) in [6, 6.07) is 15.3. The SMILES string of the molecule is COc1ccc(NS(=O)(=O)c2cccc(C(=O)N/N=C\c3cc(OC)c(OC)cc3OC)c2)cc1. The number of hydrogen-bond acceptors (Lipinski definition) is 8. The fourth-order valence-corrected chi connectivity index (χ4v) is 4.16. The normalized spacial score (nSPS) is 11.1. The van der Waals surface area contributed by atoms with E-state index in [-0.39, 0.29) is 10.5 Å². The summed E-state index contributed by atoms with van der Waals surface area (Å²) in [5.41, 5.74) is 3.38. The predicted molar refractivity (Wildman–Crippen MR) is 131 cm³/mol. The molecule has 0 atom stereocenters. The van der Waals surface area contributed by atoms with Gasteiger partial charge in [-0.1, -0.05) is 6.07 Å². The monoisotopic (exact) mass is 499 g/mol. The number of carbonyl (C=O) groups excluding carboxylic acids is 1. The topological polar surface area (TPSA) is 125 Å². The molecule has 0 aliphatic rings. The van der Waals surface area contributed by atoms with Crippen molar-refractivity contribution in [2.24, 2.45) is 5.10 Å². The Morgan fingerprint density at radius 2 is 1.49 bits per heavy atom. The molecule has 0 aliphatic carbocycles. The highest BCUT2D eigenvalue weighted by Gasteiger charge is 2.17. The third kappa shape index (κ3) is 6.21. The zero-order chi connectivity index (χ0) is 25.4. The van der Waals surface area contributed by atoms with Crippen molar-refractivity contribution in [3.05, 3.63) is 71.8 Å². The van der Waals surface area contributed by atoms with Gasteiger partial charge >= 0.3 is 0 Å². The summed E-state index contributed by atoms with van der Waals surface area (Å²) < 4.78 is 48.9. The van der Waals surface area contributed by atoms with Gasteiger partial charge < -0.3 is 18.9 Å². The van der Waals surface area contributed by atoms with Gasteiger partial charge in [-0.25, -0.2) is 13.8 Å². The van der Waals surface area contributed by atoms with E-state index in [1.807, 2.05) is 0 Å². The molecule has 0 unspecified atom stereocenters. The molecule has 0 radical (unpaired) electrons. The average molecular weight is 500 g/mol. The van der Waals surface area contributed by atoms with E-state index in [2.05, 4.69) is 15.2 Å². The van der Waals surface area contributed by atoms with Crippen LogP contribution in [0, 0.1) is 0 Å². The van der Waals surface area contributed by atoms with Crippen molar-refractivity contribution in [3.8, 4) is 23.0 Å². The van der Waals surface area contributed by atoms with Gasteiger partial charge in [0, 0.05) is 22.9 Å². The number of hydrogen-bond donors (Lipinski definition) is 2. The second-order valence-electron chi connectivity index (χ2n) is 7.01. The highest BCUT2D eigenvalue weighted by Crippen LogP contribution is 2.33. The molecule has 0 aromatic heterocycles. The average Bonchev–Trinajstić information content (AvgIpc) is 2.88. The maximum absolute atomic E-state index is 12.8. The molecule has 0 bridgehead atoms. The molecule has 3 aromatic rings. The Balaban J connectivity index is 1.75. The van der Waals surface area contributed by atoms with Gasteiger partial charge in [-0.3, -0.25) is 9.52 Å². The molecule has 35 heavy (non-hydrogen) atoms. The van der Waals surface area contributed by atoms with Gasteiger partial charge in [-0.05, 0) is 48.5 Å². The standard InChI is InChI=1S/C24H25N3O7S/c1-31-19-10-8-18(9-11-19)27-35(29,30)20-7-5-6-16(12-20)24(28)26-25-15-17-13-22(33-3)23(34-4)14-21(17)32-2/h5-15,27H,1-4H3,(H,26,28)/b25-15-. The van der Waals surface area contributed by atoms with Gasteiger partial charge in [0.15, 0.2) is 11.5 Å². The maximum atomic E-state index is 12.8. The highest BCUT2D eigenvalue weighted by atomic mass is 32.2. The van der Waals surface area contributed by atoms with Crippen LogP contribution in [-0.4, -0.2) is 49.0 Å². The maximum Gasteiger partial charge on any atom is 0.271 e. The summed E-state index contributed by atoms with van der Waals surface area (Å²) in [5, 5.41) is 3.96. The van der Waals surface area contributed by atoms with Crippen LogP contribution in [0.1, 0.15) is 15.9 Å². The van der Waals surface area contributed by atoms with Gasteiger partial charge in [0.05, 0.1) is 39.5 Å². The molecule has 3 rings (SSSR count). The van der Waals surface area contributed by atoms with Crippen LogP contribution < -0.4 is 29.1 Å². The number of methoxy groups -OCH3 is 4. The smallest absolute Gasteiger partial charge is 0.271 e. The van der Waals surface area contributed by atoms with Crippen LogP contribution >= 0.6 is 0 Å². The van der Waals surface area contributed by atoms with E-state index < -0.39 is 15.9 Å². The number of ether oxygens (including phenoxy) is 4. The molecule has 0 saturated heterocycles. The molecule has 11 heteroatoms. The van der Waals surface area contributed by atoms with Gasteiger partial charge in [-0.2, -0.15) is 5.10 Å². The summed E-state index contributed by atoms with van der Waals surface area (Å²) >= 11 is 0. The van der Waals surface area contributed by atoms with Crippen molar-refractivity contribution in [1.82, 2.24) is 5.43 Å². The van der Waals surface area contributed by atoms with E-state index in [1.165, 1.54) is 58.9 Å². The van der Waals surface area contributed by atoms with Crippen LogP contribution in [0.4, 0.5) is 5.69 Å². The lowest BCUT2D eigenvalue weighted by atomic mass is 10.2. The fourth-order valence-electron chi connectivity index (χ4n) is 3.06. The lowest BCUT2D eigenvalue weighted by Crippen LogP contribution is -2.19. The van der Waals surface area contributed by atoms with Crippen molar-refractivity contribution in [1.29, 1.82) is 0 Å². The molecule has 1 amide bonds. The first-order chi connectivity index (χ1) is 16.8. The van der Waals surface area contributed by atoms with Gasteiger partial charge in [0.1, 0.15) is 11.5 Å². The van der Waals surface area contributed by atoms with Crippen LogP contribution in [0.3, 0.4) is 0 Å². The lowest BCUT2D eigenvalue weighted by Gasteiger charge is -2.11. The molecule has 10 nitrogen and oxygen atoms in total. The number of nitrogens with zero attached hydrogens (tertiary/aromatic N) is 1. The Morgan fingerprint density at radius 3 is 2.11 bits per heavy atom.